The van der Waals surface area contributed by atoms with E-state index in [1.165, 1.54) is 6.42 Å². The van der Waals surface area contributed by atoms with E-state index in [4.69, 9.17) is 5.26 Å². The summed E-state index contributed by atoms with van der Waals surface area (Å²) >= 11 is 0. The first-order chi connectivity index (χ1) is 6.02. The highest BCUT2D eigenvalue weighted by atomic mass is 14.9. The minimum atomic E-state index is -0.156. The normalized spacial score (nSPS) is 13.8. The first-order valence-corrected chi connectivity index (χ1v) is 5.16. The summed E-state index contributed by atoms with van der Waals surface area (Å²) in [6.45, 7) is 9.39. The summed E-state index contributed by atoms with van der Waals surface area (Å²) in [6.07, 6.45) is 3.24. The molecule has 0 aromatic rings. The summed E-state index contributed by atoms with van der Waals surface area (Å²) < 4.78 is 0. The van der Waals surface area contributed by atoms with Gasteiger partial charge in [-0.25, -0.2) is 0 Å². The quantitative estimate of drug-likeness (QED) is 0.641. The predicted molar refractivity (Wildman–Crippen MR) is 56.4 cm³/mol. The van der Waals surface area contributed by atoms with E-state index in [0.29, 0.717) is 6.04 Å². The van der Waals surface area contributed by atoms with Gasteiger partial charge in [-0.1, -0.05) is 6.92 Å². The number of nitrogens with zero attached hydrogens (tertiary/aromatic N) is 1. The maximum Gasteiger partial charge on any atom is 0.0683 e. The Morgan fingerprint density at radius 1 is 1.46 bits per heavy atom. The van der Waals surface area contributed by atoms with Crippen LogP contribution < -0.4 is 5.32 Å². The molecule has 0 saturated carbocycles. The summed E-state index contributed by atoms with van der Waals surface area (Å²) in [4.78, 5) is 0. The van der Waals surface area contributed by atoms with E-state index < -0.39 is 0 Å². The lowest BCUT2D eigenvalue weighted by Crippen LogP contribution is -2.26. The molecule has 0 aliphatic heterocycles. The van der Waals surface area contributed by atoms with Gasteiger partial charge in [-0.3, -0.25) is 0 Å². The van der Waals surface area contributed by atoms with E-state index in [1.54, 1.807) is 0 Å². The van der Waals surface area contributed by atoms with E-state index in [-0.39, 0.29) is 5.41 Å². The first kappa shape index (κ1) is 12.4. The van der Waals surface area contributed by atoms with Crippen molar-refractivity contribution in [2.75, 3.05) is 6.54 Å². The molecule has 0 rings (SSSR count). The van der Waals surface area contributed by atoms with Crippen LogP contribution in [0.3, 0.4) is 0 Å². The molecular weight excluding hydrogens is 160 g/mol. The van der Waals surface area contributed by atoms with E-state index >= 15 is 0 Å². The highest BCUT2D eigenvalue weighted by Gasteiger charge is 2.15. The average Bonchev–Trinajstić information content (AvgIpc) is 2.12. The Morgan fingerprint density at radius 3 is 2.54 bits per heavy atom. The summed E-state index contributed by atoms with van der Waals surface area (Å²) in [5.41, 5.74) is -0.156. The van der Waals surface area contributed by atoms with Gasteiger partial charge in [0.15, 0.2) is 0 Å². The Balaban J connectivity index is 3.42. The lowest BCUT2D eigenvalue weighted by Gasteiger charge is -2.16. The molecule has 2 heteroatoms. The first-order valence-electron chi connectivity index (χ1n) is 5.16. The van der Waals surface area contributed by atoms with Crippen molar-refractivity contribution < 1.29 is 0 Å². The minimum Gasteiger partial charge on any atom is -0.314 e. The highest BCUT2D eigenvalue weighted by molar-refractivity contribution is 4.91. The second-order valence-electron chi connectivity index (χ2n) is 4.36. The van der Waals surface area contributed by atoms with Gasteiger partial charge in [-0.05, 0) is 46.6 Å². The fraction of sp³-hybridized carbons (Fsp3) is 0.909. The number of nitrogens with one attached hydrogen (secondary N) is 1. The predicted octanol–water partition coefficient (Wildman–Crippen LogP) is 2.70. The van der Waals surface area contributed by atoms with Crippen molar-refractivity contribution in [1.82, 2.24) is 5.32 Å². The third kappa shape index (κ3) is 6.60. The minimum absolute atomic E-state index is 0.156. The van der Waals surface area contributed by atoms with Crippen molar-refractivity contribution in [3.63, 3.8) is 0 Å². The topological polar surface area (TPSA) is 35.8 Å². The number of hydrogen-bond donors (Lipinski definition) is 1. The Bertz CT molecular complexity index is 167. The van der Waals surface area contributed by atoms with Crippen molar-refractivity contribution in [3.05, 3.63) is 0 Å². The van der Waals surface area contributed by atoms with Crippen LogP contribution in [0.15, 0.2) is 0 Å². The van der Waals surface area contributed by atoms with Crippen LogP contribution in [0.5, 0.6) is 0 Å². The zero-order chi connectivity index (χ0) is 10.3. The SMILES string of the molecule is CCC(C)NCCCC(C)(C)C#N. The molecule has 0 aliphatic rings. The van der Waals surface area contributed by atoms with Gasteiger partial charge in [-0.2, -0.15) is 5.26 Å². The monoisotopic (exact) mass is 182 g/mol. The largest absolute Gasteiger partial charge is 0.314 e. The van der Waals surface area contributed by atoms with Gasteiger partial charge in [0, 0.05) is 6.04 Å². The molecular formula is C11H22N2. The molecule has 0 amide bonds. The second-order valence-corrected chi connectivity index (χ2v) is 4.36. The molecule has 1 atom stereocenters. The molecule has 0 radical (unpaired) electrons. The van der Waals surface area contributed by atoms with Crippen molar-refractivity contribution in [2.45, 2.75) is 53.0 Å². The molecule has 0 spiro atoms. The van der Waals surface area contributed by atoms with Crippen LogP contribution in [-0.4, -0.2) is 12.6 Å². The molecule has 76 valence electrons. The molecule has 2 nitrogen and oxygen atoms in total. The molecule has 1 N–H and O–H groups in total. The Labute approximate surface area is 82.3 Å². The fourth-order valence-electron chi connectivity index (χ4n) is 1.08. The summed E-state index contributed by atoms with van der Waals surface area (Å²) in [6, 6.07) is 2.92. The average molecular weight is 182 g/mol. The summed E-state index contributed by atoms with van der Waals surface area (Å²) in [5.74, 6) is 0. The van der Waals surface area contributed by atoms with Gasteiger partial charge in [-0.15, -0.1) is 0 Å². The maximum atomic E-state index is 8.78. The smallest absolute Gasteiger partial charge is 0.0683 e. The van der Waals surface area contributed by atoms with Crippen LogP contribution in [0.2, 0.25) is 0 Å². The lowest BCUT2D eigenvalue weighted by atomic mass is 9.90. The van der Waals surface area contributed by atoms with Crippen LogP contribution in [0.1, 0.15) is 47.0 Å². The zero-order valence-corrected chi connectivity index (χ0v) is 9.35. The molecule has 0 aromatic heterocycles. The van der Waals surface area contributed by atoms with Gasteiger partial charge in [0.1, 0.15) is 0 Å². The number of hydrogen-bond acceptors (Lipinski definition) is 2. The molecule has 1 unspecified atom stereocenters. The third-order valence-electron chi connectivity index (χ3n) is 2.39. The molecule has 0 fully saturated rings. The lowest BCUT2D eigenvalue weighted by molar-refractivity contribution is 0.413. The van der Waals surface area contributed by atoms with Gasteiger partial charge >= 0.3 is 0 Å². The van der Waals surface area contributed by atoms with E-state index in [9.17, 15) is 0 Å². The van der Waals surface area contributed by atoms with Crippen molar-refractivity contribution in [2.24, 2.45) is 5.41 Å². The highest BCUT2D eigenvalue weighted by Crippen LogP contribution is 2.19. The van der Waals surface area contributed by atoms with E-state index in [0.717, 1.165) is 19.4 Å². The van der Waals surface area contributed by atoms with E-state index in [2.05, 4.69) is 25.2 Å². The molecule has 0 bridgehead atoms. The zero-order valence-electron chi connectivity index (χ0n) is 9.35. The second kappa shape index (κ2) is 5.99. The van der Waals surface area contributed by atoms with Crippen molar-refractivity contribution in [3.8, 4) is 6.07 Å². The van der Waals surface area contributed by atoms with E-state index in [1.807, 2.05) is 13.8 Å². The molecule has 13 heavy (non-hydrogen) atoms. The van der Waals surface area contributed by atoms with Crippen LogP contribution >= 0.6 is 0 Å². The molecule has 0 aromatic carbocycles. The standard InChI is InChI=1S/C11H22N2/c1-5-10(2)13-8-6-7-11(3,4)9-12/h10,13H,5-8H2,1-4H3. The maximum absolute atomic E-state index is 8.78. The van der Waals surface area contributed by atoms with Gasteiger partial charge in [0.25, 0.3) is 0 Å². The van der Waals surface area contributed by atoms with Crippen LogP contribution in [0.4, 0.5) is 0 Å². The summed E-state index contributed by atoms with van der Waals surface area (Å²) in [5, 5.41) is 12.2. The third-order valence-corrected chi connectivity index (χ3v) is 2.39. The molecule has 0 heterocycles. The van der Waals surface area contributed by atoms with Gasteiger partial charge < -0.3 is 5.32 Å². The number of rotatable bonds is 6. The van der Waals surface area contributed by atoms with Crippen LogP contribution in [-0.2, 0) is 0 Å². The van der Waals surface area contributed by atoms with Crippen molar-refractivity contribution in [1.29, 1.82) is 5.26 Å². The van der Waals surface area contributed by atoms with Crippen LogP contribution in [0, 0.1) is 16.7 Å². The number of nitriles is 1. The Kier molecular flexibility index (Phi) is 5.73. The molecule has 0 saturated heterocycles. The Hall–Kier alpha value is -0.550. The fourth-order valence-corrected chi connectivity index (χ4v) is 1.08. The van der Waals surface area contributed by atoms with Crippen molar-refractivity contribution >= 4 is 0 Å². The Morgan fingerprint density at radius 2 is 2.08 bits per heavy atom. The summed E-state index contributed by atoms with van der Waals surface area (Å²) in [7, 11) is 0. The van der Waals surface area contributed by atoms with Crippen LogP contribution in [0.25, 0.3) is 0 Å². The van der Waals surface area contributed by atoms with Gasteiger partial charge in [0.2, 0.25) is 0 Å². The molecule has 0 aliphatic carbocycles. The van der Waals surface area contributed by atoms with Gasteiger partial charge in [0.05, 0.1) is 11.5 Å².